The molecular weight excluding hydrogens is 226 g/mol. The number of ether oxygens (including phenoxy) is 1. The molecule has 0 N–H and O–H groups in total. The first-order chi connectivity index (χ1) is 8.70. The zero-order chi connectivity index (χ0) is 12.7. The molecule has 0 amide bonds. The van der Waals surface area contributed by atoms with Crippen LogP contribution in [-0.4, -0.2) is 17.6 Å². The normalized spacial score (nSPS) is 18.0. The fourth-order valence-corrected chi connectivity index (χ4v) is 2.96. The van der Waals surface area contributed by atoms with Crippen molar-refractivity contribution in [2.75, 3.05) is 7.11 Å². The van der Waals surface area contributed by atoms with E-state index in [-0.39, 0.29) is 5.97 Å². The minimum absolute atomic E-state index is 0.115. The Labute approximate surface area is 106 Å². The molecule has 0 saturated carbocycles. The van der Waals surface area contributed by atoms with Crippen molar-refractivity contribution in [3.8, 4) is 0 Å². The monoisotopic (exact) mass is 243 g/mol. The van der Waals surface area contributed by atoms with E-state index in [1.54, 1.807) is 0 Å². The van der Waals surface area contributed by atoms with Gasteiger partial charge in [-0.15, -0.1) is 0 Å². The van der Waals surface area contributed by atoms with E-state index in [0.29, 0.717) is 12.3 Å². The van der Waals surface area contributed by atoms with Crippen LogP contribution in [0.15, 0.2) is 24.3 Å². The van der Waals surface area contributed by atoms with Crippen molar-refractivity contribution in [1.82, 2.24) is 4.57 Å². The highest BCUT2D eigenvalue weighted by molar-refractivity contribution is 5.85. The first-order valence-electron chi connectivity index (χ1n) is 6.36. The Hall–Kier alpha value is -1.77. The standard InChI is InChI=1S/C15H17NO2/c1-10-4-3-5-13-12(10)9-14-11(6-7-16(13)14)8-15(17)18-2/h3-5,9,11H,6-8H2,1-2H3. The van der Waals surface area contributed by atoms with Crippen molar-refractivity contribution in [1.29, 1.82) is 0 Å². The predicted octanol–water partition coefficient (Wildman–Crippen LogP) is 3.00. The lowest BCUT2D eigenvalue weighted by molar-refractivity contribution is -0.141. The zero-order valence-corrected chi connectivity index (χ0v) is 10.8. The van der Waals surface area contributed by atoms with Gasteiger partial charge in [0.05, 0.1) is 13.5 Å². The lowest BCUT2D eigenvalue weighted by atomic mass is 10.00. The average Bonchev–Trinajstić information content (AvgIpc) is 2.91. The molecule has 1 aromatic carbocycles. The summed E-state index contributed by atoms with van der Waals surface area (Å²) in [5, 5.41) is 1.31. The molecule has 3 nitrogen and oxygen atoms in total. The Kier molecular flexibility index (Phi) is 2.62. The van der Waals surface area contributed by atoms with Crippen LogP contribution in [0.1, 0.15) is 30.0 Å². The van der Waals surface area contributed by atoms with Gasteiger partial charge >= 0.3 is 5.97 Å². The highest BCUT2D eigenvalue weighted by Crippen LogP contribution is 2.37. The van der Waals surface area contributed by atoms with Gasteiger partial charge in [0.25, 0.3) is 0 Å². The number of nitrogens with zero attached hydrogens (tertiary/aromatic N) is 1. The van der Waals surface area contributed by atoms with Gasteiger partial charge in [-0.05, 0) is 31.0 Å². The summed E-state index contributed by atoms with van der Waals surface area (Å²) in [6, 6.07) is 8.63. The molecule has 1 aliphatic rings. The topological polar surface area (TPSA) is 31.2 Å². The number of carbonyl (C=O) groups excluding carboxylic acids is 1. The summed E-state index contributed by atoms with van der Waals surface area (Å²) in [5.74, 6) is 0.194. The second-order valence-corrected chi connectivity index (χ2v) is 4.99. The smallest absolute Gasteiger partial charge is 0.306 e. The molecule has 1 atom stereocenters. The van der Waals surface area contributed by atoms with Crippen LogP contribution in [0.5, 0.6) is 0 Å². The number of rotatable bonds is 2. The molecule has 94 valence electrons. The van der Waals surface area contributed by atoms with Crippen LogP contribution in [0.3, 0.4) is 0 Å². The van der Waals surface area contributed by atoms with E-state index in [4.69, 9.17) is 4.74 Å². The first kappa shape index (κ1) is 11.3. The minimum Gasteiger partial charge on any atom is -0.469 e. The van der Waals surface area contributed by atoms with Gasteiger partial charge in [-0.2, -0.15) is 0 Å². The van der Waals surface area contributed by atoms with Crippen molar-refractivity contribution in [3.63, 3.8) is 0 Å². The summed E-state index contributed by atoms with van der Waals surface area (Å²) in [6.45, 7) is 3.14. The van der Waals surface area contributed by atoms with Gasteiger partial charge in [0, 0.05) is 29.1 Å². The SMILES string of the molecule is COC(=O)CC1CCn2c1cc1c(C)cccc12. The largest absolute Gasteiger partial charge is 0.469 e. The van der Waals surface area contributed by atoms with Crippen LogP contribution in [0.25, 0.3) is 10.9 Å². The molecule has 1 aromatic heterocycles. The molecule has 0 aliphatic carbocycles. The van der Waals surface area contributed by atoms with Crippen molar-refractivity contribution in [2.24, 2.45) is 0 Å². The van der Waals surface area contributed by atoms with Crippen molar-refractivity contribution in [2.45, 2.75) is 32.2 Å². The zero-order valence-electron chi connectivity index (χ0n) is 10.8. The number of aromatic nitrogens is 1. The van der Waals surface area contributed by atoms with Gasteiger partial charge in [-0.25, -0.2) is 0 Å². The second kappa shape index (κ2) is 4.16. The highest BCUT2D eigenvalue weighted by atomic mass is 16.5. The molecule has 0 fully saturated rings. The molecule has 18 heavy (non-hydrogen) atoms. The predicted molar refractivity (Wildman–Crippen MR) is 70.7 cm³/mol. The maximum Gasteiger partial charge on any atom is 0.306 e. The number of esters is 1. The van der Waals surface area contributed by atoms with Crippen LogP contribution in [-0.2, 0) is 16.1 Å². The summed E-state index contributed by atoms with van der Waals surface area (Å²) < 4.78 is 7.12. The van der Waals surface area contributed by atoms with Gasteiger partial charge in [0.15, 0.2) is 0 Å². The van der Waals surface area contributed by atoms with Crippen molar-refractivity contribution in [3.05, 3.63) is 35.5 Å². The van der Waals surface area contributed by atoms with Crippen LogP contribution in [0.2, 0.25) is 0 Å². The molecule has 1 unspecified atom stereocenters. The quantitative estimate of drug-likeness (QED) is 0.759. The summed E-state index contributed by atoms with van der Waals surface area (Å²) >= 11 is 0. The molecule has 2 aromatic rings. The number of benzene rings is 1. The third kappa shape index (κ3) is 1.62. The van der Waals surface area contributed by atoms with Crippen LogP contribution < -0.4 is 0 Å². The number of carbonyl (C=O) groups is 1. The maximum absolute atomic E-state index is 11.4. The molecule has 3 rings (SSSR count). The lowest BCUT2D eigenvalue weighted by Crippen LogP contribution is -2.06. The summed E-state index contributed by atoms with van der Waals surface area (Å²) in [6.07, 6.45) is 1.53. The summed E-state index contributed by atoms with van der Waals surface area (Å²) in [7, 11) is 1.46. The molecule has 0 radical (unpaired) electrons. The first-order valence-corrected chi connectivity index (χ1v) is 6.36. The molecule has 3 heteroatoms. The number of hydrogen-bond acceptors (Lipinski definition) is 2. The van der Waals surface area contributed by atoms with Crippen molar-refractivity contribution >= 4 is 16.9 Å². The summed E-state index contributed by atoms with van der Waals surface area (Å²) in [5.41, 5.74) is 3.87. The Bertz CT molecular complexity index is 612. The molecule has 2 heterocycles. The van der Waals surface area contributed by atoms with Crippen LogP contribution in [0.4, 0.5) is 0 Å². The van der Waals surface area contributed by atoms with Gasteiger partial charge in [-0.1, -0.05) is 12.1 Å². The Morgan fingerprint density at radius 1 is 1.50 bits per heavy atom. The van der Waals surface area contributed by atoms with Gasteiger partial charge in [0.1, 0.15) is 0 Å². The number of fused-ring (bicyclic) bond motifs is 3. The van der Waals surface area contributed by atoms with Crippen LogP contribution in [0, 0.1) is 6.92 Å². The molecule has 0 spiro atoms. The van der Waals surface area contributed by atoms with Crippen molar-refractivity contribution < 1.29 is 9.53 Å². The molecule has 1 aliphatic heterocycles. The lowest BCUT2D eigenvalue weighted by Gasteiger charge is -2.06. The van der Waals surface area contributed by atoms with E-state index >= 15 is 0 Å². The van der Waals surface area contributed by atoms with Crippen LogP contribution >= 0.6 is 0 Å². The Morgan fingerprint density at radius 3 is 3.11 bits per heavy atom. The Balaban J connectivity index is 2.04. The maximum atomic E-state index is 11.4. The number of aryl methyl sites for hydroxylation is 2. The van der Waals surface area contributed by atoms with Gasteiger partial charge in [0.2, 0.25) is 0 Å². The molecule has 0 bridgehead atoms. The van der Waals surface area contributed by atoms with E-state index in [2.05, 4.69) is 35.8 Å². The Morgan fingerprint density at radius 2 is 2.33 bits per heavy atom. The molecular formula is C15H17NO2. The fourth-order valence-electron chi connectivity index (χ4n) is 2.96. The minimum atomic E-state index is -0.115. The highest BCUT2D eigenvalue weighted by Gasteiger charge is 2.27. The second-order valence-electron chi connectivity index (χ2n) is 4.99. The van der Waals surface area contributed by atoms with E-state index in [9.17, 15) is 4.79 Å². The number of hydrogen-bond donors (Lipinski definition) is 0. The average molecular weight is 243 g/mol. The third-order valence-corrected chi connectivity index (χ3v) is 3.96. The van der Waals surface area contributed by atoms with E-state index < -0.39 is 0 Å². The third-order valence-electron chi connectivity index (χ3n) is 3.96. The number of methoxy groups -OCH3 is 1. The van der Waals surface area contributed by atoms with Gasteiger partial charge in [-0.3, -0.25) is 4.79 Å². The fraction of sp³-hybridized carbons (Fsp3) is 0.400. The van der Waals surface area contributed by atoms with E-state index in [1.165, 1.54) is 29.3 Å². The van der Waals surface area contributed by atoms with E-state index in [0.717, 1.165) is 13.0 Å². The summed E-state index contributed by atoms with van der Waals surface area (Å²) in [4.78, 5) is 11.4. The molecule has 0 saturated heterocycles. The van der Waals surface area contributed by atoms with Gasteiger partial charge < -0.3 is 9.30 Å². The van der Waals surface area contributed by atoms with E-state index in [1.807, 2.05) is 0 Å².